The van der Waals surface area contributed by atoms with Crippen LogP contribution in [-0.4, -0.2) is 15.7 Å². The first-order chi connectivity index (χ1) is 5.74. The van der Waals surface area contributed by atoms with Crippen LogP contribution in [0.2, 0.25) is 0 Å². The zero-order valence-electron chi connectivity index (χ0n) is 6.90. The molecule has 5 nitrogen and oxygen atoms in total. The molecule has 0 aromatic carbocycles. The largest absolute Gasteiger partial charge is 0.294 e. The second-order valence-electron chi connectivity index (χ2n) is 2.61. The standard InChI is InChI=1S/C7H12N4O/c1-6(5-7(12)10-8)11-4-2-3-9-11/h2-4,6H,5,8H2,1H3,(H,10,12). The van der Waals surface area contributed by atoms with E-state index in [0.717, 1.165) is 0 Å². The highest BCUT2D eigenvalue weighted by Gasteiger charge is 2.08. The molecule has 1 aromatic rings. The molecule has 1 unspecified atom stereocenters. The number of rotatable bonds is 3. The minimum atomic E-state index is -0.182. The van der Waals surface area contributed by atoms with Gasteiger partial charge in [0.25, 0.3) is 0 Å². The Hall–Kier alpha value is -1.36. The smallest absolute Gasteiger partial charge is 0.236 e. The summed E-state index contributed by atoms with van der Waals surface area (Å²) in [6.07, 6.45) is 3.84. The van der Waals surface area contributed by atoms with Gasteiger partial charge in [-0.05, 0) is 13.0 Å². The molecule has 66 valence electrons. The van der Waals surface area contributed by atoms with Crippen molar-refractivity contribution < 1.29 is 4.79 Å². The molecule has 5 heteroatoms. The molecule has 0 aliphatic rings. The zero-order chi connectivity index (χ0) is 8.97. The van der Waals surface area contributed by atoms with E-state index in [1.807, 2.05) is 19.2 Å². The van der Waals surface area contributed by atoms with Crippen molar-refractivity contribution in [2.24, 2.45) is 5.84 Å². The number of nitrogens with one attached hydrogen (secondary N) is 1. The van der Waals surface area contributed by atoms with Crippen molar-refractivity contribution in [3.05, 3.63) is 18.5 Å². The summed E-state index contributed by atoms with van der Waals surface area (Å²) < 4.78 is 1.72. The third-order valence-electron chi connectivity index (χ3n) is 1.62. The van der Waals surface area contributed by atoms with Crippen LogP contribution in [0, 0.1) is 0 Å². The van der Waals surface area contributed by atoms with Gasteiger partial charge in [0.15, 0.2) is 0 Å². The molecule has 0 aliphatic heterocycles. The van der Waals surface area contributed by atoms with E-state index in [-0.39, 0.29) is 11.9 Å². The van der Waals surface area contributed by atoms with Crippen LogP contribution < -0.4 is 11.3 Å². The fraction of sp³-hybridized carbons (Fsp3) is 0.429. The van der Waals surface area contributed by atoms with Gasteiger partial charge in [-0.15, -0.1) is 0 Å². The highest BCUT2D eigenvalue weighted by molar-refractivity contribution is 5.75. The first-order valence-electron chi connectivity index (χ1n) is 3.72. The monoisotopic (exact) mass is 168 g/mol. The summed E-state index contributed by atoms with van der Waals surface area (Å²) in [5.41, 5.74) is 2.08. The predicted octanol–water partition coefficient (Wildman–Crippen LogP) is -0.176. The number of nitrogens with two attached hydrogens (primary N) is 1. The fourth-order valence-electron chi connectivity index (χ4n) is 0.962. The molecule has 0 fully saturated rings. The van der Waals surface area contributed by atoms with Gasteiger partial charge >= 0.3 is 0 Å². The summed E-state index contributed by atoms with van der Waals surface area (Å²) in [6.45, 7) is 1.90. The third-order valence-corrected chi connectivity index (χ3v) is 1.62. The summed E-state index contributed by atoms with van der Waals surface area (Å²) in [7, 11) is 0. The molecule has 1 rings (SSSR count). The molecule has 1 atom stereocenters. The van der Waals surface area contributed by atoms with Gasteiger partial charge in [-0.2, -0.15) is 5.10 Å². The quantitative estimate of drug-likeness (QED) is 0.373. The Kier molecular flexibility index (Phi) is 2.82. The maximum Gasteiger partial charge on any atom is 0.236 e. The van der Waals surface area contributed by atoms with Crippen molar-refractivity contribution in [3.63, 3.8) is 0 Å². The highest BCUT2D eigenvalue weighted by Crippen LogP contribution is 2.07. The van der Waals surface area contributed by atoms with E-state index < -0.39 is 0 Å². The molecule has 12 heavy (non-hydrogen) atoms. The van der Waals surface area contributed by atoms with Crippen molar-refractivity contribution in [2.45, 2.75) is 19.4 Å². The third kappa shape index (κ3) is 2.06. The summed E-state index contributed by atoms with van der Waals surface area (Å²) in [5.74, 6) is 4.76. The number of aromatic nitrogens is 2. The SMILES string of the molecule is CC(CC(=O)NN)n1cccn1. The maximum atomic E-state index is 10.8. The number of carbonyl (C=O) groups is 1. The molecule has 1 aromatic heterocycles. The molecule has 0 saturated carbocycles. The van der Waals surface area contributed by atoms with Gasteiger partial charge in [0.05, 0.1) is 12.5 Å². The lowest BCUT2D eigenvalue weighted by atomic mass is 10.2. The number of carbonyl (C=O) groups excluding carboxylic acids is 1. The van der Waals surface area contributed by atoms with Gasteiger partial charge < -0.3 is 0 Å². The average Bonchev–Trinajstić information content (AvgIpc) is 2.56. The van der Waals surface area contributed by atoms with Crippen LogP contribution in [0.4, 0.5) is 0 Å². The normalized spacial score (nSPS) is 12.5. The molecule has 1 heterocycles. The van der Waals surface area contributed by atoms with Crippen molar-refractivity contribution in [1.82, 2.24) is 15.2 Å². The van der Waals surface area contributed by atoms with Gasteiger partial charge in [-0.25, -0.2) is 5.84 Å². The summed E-state index contributed by atoms with van der Waals surface area (Å²) in [6, 6.07) is 1.86. The Morgan fingerprint density at radius 3 is 3.08 bits per heavy atom. The van der Waals surface area contributed by atoms with E-state index in [4.69, 9.17) is 5.84 Å². The van der Waals surface area contributed by atoms with E-state index >= 15 is 0 Å². The van der Waals surface area contributed by atoms with Crippen molar-refractivity contribution >= 4 is 5.91 Å². The Labute approximate surface area is 70.5 Å². The van der Waals surface area contributed by atoms with Crippen LogP contribution in [-0.2, 0) is 4.79 Å². The molecular formula is C7H12N4O. The van der Waals surface area contributed by atoms with Crippen LogP contribution in [0.3, 0.4) is 0 Å². The Balaban J connectivity index is 2.49. The number of hydrogen-bond donors (Lipinski definition) is 2. The zero-order valence-corrected chi connectivity index (χ0v) is 6.90. The van der Waals surface area contributed by atoms with Crippen LogP contribution >= 0.6 is 0 Å². The van der Waals surface area contributed by atoms with E-state index in [2.05, 4.69) is 10.5 Å². The Morgan fingerprint density at radius 2 is 2.58 bits per heavy atom. The van der Waals surface area contributed by atoms with E-state index in [9.17, 15) is 4.79 Å². The van der Waals surface area contributed by atoms with Crippen LogP contribution in [0.5, 0.6) is 0 Å². The maximum absolute atomic E-state index is 10.8. The summed E-state index contributed by atoms with van der Waals surface area (Å²) in [5, 5.41) is 4.00. The molecule has 0 aliphatic carbocycles. The minimum Gasteiger partial charge on any atom is -0.294 e. The number of hydrogen-bond acceptors (Lipinski definition) is 3. The first kappa shape index (κ1) is 8.73. The van der Waals surface area contributed by atoms with Gasteiger partial charge in [0.1, 0.15) is 0 Å². The van der Waals surface area contributed by atoms with Crippen molar-refractivity contribution in [2.75, 3.05) is 0 Å². The number of amides is 1. The Morgan fingerprint density at radius 1 is 1.83 bits per heavy atom. The molecular weight excluding hydrogens is 156 g/mol. The summed E-state index contributed by atoms with van der Waals surface area (Å²) >= 11 is 0. The van der Waals surface area contributed by atoms with Crippen LogP contribution in [0.15, 0.2) is 18.5 Å². The van der Waals surface area contributed by atoms with E-state index in [0.29, 0.717) is 6.42 Å². The topological polar surface area (TPSA) is 72.9 Å². The van der Waals surface area contributed by atoms with Gasteiger partial charge in [-0.3, -0.25) is 14.9 Å². The average molecular weight is 168 g/mol. The molecule has 1 amide bonds. The number of hydrazine groups is 1. The first-order valence-corrected chi connectivity index (χ1v) is 3.72. The molecule has 0 bridgehead atoms. The molecule has 3 N–H and O–H groups in total. The van der Waals surface area contributed by atoms with Gasteiger partial charge in [-0.1, -0.05) is 0 Å². The van der Waals surface area contributed by atoms with E-state index in [1.165, 1.54) is 0 Å². The van der Waals surface area contributed by atoms with E-state index in [1.54, 1.807) is 10.9 Å². The molecule has 0 spiro atoms. The highest BCUT2D eigenvalue weighted by atomic mass is 16.2. The van der Waals surface area contributed by atoms with Crippen LogP contribution in [0.1, 0.15) is 19.4 Å². The van der Waals surface area contributed by atoms with Crippen molar-refractivity contribution in [3.8, 4) is 0 Å². The van der Waals surface area contributed by atoms with Crippen LogP contribution in [0.25, 0.3) is 0 Å². The van der Waals surface area contributed by atoms with Gasteiger partial charge in [0.2, 0.25) is 5.91 Å². The Bertz CT molecular complexity index is 244. The predicted molar refractivity (Wildman–Crippen MR) is 43.9 cm³/mol. The van der Waals surface area contributed by atoms with Crippen molar-refractivity contribution in [1.29, 1.82) is 0 Å². The second-order valence-corrected chi connectivity index (χ2v) is 2.61. The lowest BCUT2D eigenvalue weighted by molar-refractivity contribution is -0.121. The minimum absolute atomic E-state index is 0.0450. The second kappa shape index (κ2) is 3.87. The fourth-order valence-corrected chi connectivity index (χ4v) is 0.962. The molecule has 0 radical (unpaired) electrons. The lowest BCUT2D eigenvalue weighted by Crippen LogP contribution is -2.31. The molecule has 0 saturated heterocycles. The summed E-state index contributed by atoms with van der Waals surface area (Å²) in [4.78, 5) is 10.8. The van der Waals surface area contributed by atoms with Gasteiger partial charge in [0, 0.05) is 12.4 Å². The number of nitrogens with zero attached hydrogens (tertiary/aromatic N) is 2. The lowest BCUT2D eigenvalue weighted by Gasteiger charge is -2.09.